The lowest BCUT2D eigenvalue weighted by Gasteiger charge is -2.35. The molecule has 28 heavy (non-hydrogen) atoms. The zero-order chi connectivity index (χ0) is 19.9. The van der Waals surface area contributed by atoms with E-state index in [1.54, 1.807) is 6.20 Å². The Hall–Kier alpha value is -2.74. The van der Waals surface area contributed by atoms with Crippen LogP contribution in [0, 0.1) is 0 Å². The summed E-state index contributed by atoms with van der Waals surface area (Å²) in [5.74, 6) is 1.80. The number of nitrogen functional groups attached to an aromatic ring is 1. The fraction of sp³-hybridized carbons (Fsp3) is 0.500. The Labute approximate surface area is 165 Å². The largest absolute Gasteiger partial charge is 0.492 e. The SMILES string of the molecule is CCOc1cc(CN(c2nccc(=O)[nH]2)C2CCNCC2)cc(OCC)c1N. The van der Waals surface area contributed by atoms with Gasteiger partial charge in [-0.1, -0.05) is 0 Å². The van der Waals surface area contributed by atoms with Gasteiger partial charge in [-0.2, -0.15) is 0 Å². The molecule has 1 aromatic heterocycles. The number of H-pyrrole nitrogens is 1. The van der Waals surface area contributed by atoms with Crippen molar-refractivity contribution in [2.24, 2.45) is 0 Å². The zero-order valence-corrected chi connectivity index (χ0v) is 16.5. The summed E-state index contributed by atoms with van der Waals surface area (Å²) in [5.41, 5.74) is 7.53. The lowest BCUT2D eigenvalue weighted by atomic mass is 10.0. The first kappa shape index (κ1) is 20.0. The standard InChI is InChI=1S/C20H29N5O3/c1-3-27-16-11-14(12-17(19(16)21)28-4-2)13-25(15-5-8-22-9-6-15)20-23-10-7-18(26)24-20/h7,10-12,15,22H,3-6,8-9,13,21H2,1-2H3,(H,23,24,26). The number of nitrogens with zero attached hydrogens (tertiary/aromatic N) is 2. The molecule has 0 unspecified atom stereocenters. The summed E-state index contributed by atoms with van der Waals surface area (Å²) in [6.07, 6.45) is 3.50. The molecule has 0 amide bonds. The fourth-order valence-electron chi connectivity index (χ4n) is 3.49. The number of benzene rings is 1. The highest BCUT2D eigenvalue weighted by Gasteiger charge is 2.24. The van der Waals surface area contributed by atoms with Crippen molar-refractivity contribution in [3.05, 3.63) is 40.3 Å². The smallest absolute Gasteiger partial charge is 0.252 e. The first-order valence-corrected chi connectivity index (χ1v) is 9.83. The molecule has 2 heterocycles. The Kier molecular flexibility index (Phi) is 6.76. The van der Waals surface area contributed by atoms with Gasteiger partial charge in [-0.3, -0.25) is 9.78 Å². The van der Waals surface area contributed by atoms with Crippen LogP contribution in [0.3, 0.4) is 0 Å². The molecule has 0 atom stereocenters. The van der Waals surface area contributed by atoms with Crippen molar-refractivity contribution in [2.75, 3.05) is 36.9 Å². The second-order valence-electron chi connectivity index (χ2n) is 6.74. The Morgan fingerprint density at radius 2 is 1.82 bits per heavy atom. The minimum atomic E-state index is -0.161. The van der Waals surface area contributed by atoms with Gasteiger partial charge in [0.1, 0.15) is 17.2 Å². The van der Waals surface area contributed by atoms with Crippen molar-refractivity contribution >= 4 is 11.6 Å². The Morgan fingerprint density at radius 3 is 2.39 bits per heavy atom. The Morgan fingerprint density at radius 1 is 1.18 bits per heavy atom. The number of piperidine rings is 1. The maximum atomic E-state index is 11.9. The van der Waals surface area contributed by atoms with E-state index in [4.69, 9.17) is 15.2 Å². The summed E-state index contributed by atoms with van der Waals surface area (Å²) in [6, 6.07) is 5.58. The number of anilines is 2. The van der Waals surface area contributed by atoms with E-state index in [0.29, 0.717) is 42.9 Å². The van der Waals surface area contributed by atoms with Gasteiger partial charge in [0.05, 0.1) is 13.2 Å². The van der Waals surface area contributed by atoms with E-state index in [0.717, 1.165) is 31.5 Å². The van der Waals surface area contributed by atoms with Crippen LogP contribution in [0.15, 0.2) is 29.2 Å². The molecule has 0 saturated carbocycles. The number of nitrogens with one attached hydrogen (secondary N) is 2. The molecular formula is C20H29N5O3. The number of hydrogen-bond acceptors (Lipinski definition) is 7. The van der Waals surface area contributed by atoms with Gasteiger partial charge >= 0.3 is 0 Å². The third-order valence-corrected chi connectivity index (χ3v) is 4.80. The summed E-state index contributed by atoms with van der Waals surface area (Å²) in [7, 11) is 0. The number of hydrogen-bond donors (Lipinski definition) is 3. The fourth-order valence-corrected chi connectivity index (χ4v) is 3.49. The van der Waals surface area contributed by atoms with E-state index in [9.17, 15) is 4.79 Å². The van der Waals surface area contributed by atoms with Crippen LogP contribution >= 0.6 is 0 Å². The van der Waals surface area contributed by atoms with Crippen molar-refractivity contribution in [1.29, 1.82) is 0 Å². The molecule has 0 radical (unpaired) electrons. The van der Waals surface area contributed by atoms with E-state index < -0.39 is 0 Å². The zero-order valence-electron chi connectivity index (χ0n) is 16.5. The van der Waals surface area contributed by atoms with Gasteiger partial charge in [0.25, 0.3) is 5.56 Å². The van der Waals surface area contributed by atoms with Crippen LogP contribution in [0.2, 0.25) is 0 Å². The van der Waals surface area contributed by atoms with Gasteiger partial charge in [0, 0.05) is 24.8 Å². The van der Waals surface area contributed by atoms with Crippen molar-refractivity contribution < 1.29 is 9.47 Å². The molecule has 8 heteroatoms. The van der Waals surface area contributed by atoms with Gasteiger partial charge in [0.2, 0.25) is 5.95 Å². The lowest BCUT2D eigenvalue weighted by molar-refractivity contribution is 0.325. The lowest BCUT2D eigenvalue weighted by Crippen LogP contribution is -2.44. The van der Waals surface area contributed by atoms with Crippen LogP contribution in [0.5, 0.6) is 11.5 Å². The monoisotopic (exact) mass is 387 g/mol. The second kappa shape index (κ2) is 9.45. The van der Waals surface area contributed by atoms with Crippen molar-refractivity contribution in [1.82, 2.24) is 15.3 Å². The molecule has 4 N–H and O–H groups in total. The van der Waals surface area contributed by atoms with Gasteiger partial charge in [0.15, 0.2) is 0 Å². The predicted molar refractivity (Wildman–Crippen MR) is 110 cm³/mol. The quantitative estimate of drug-likeness (QED) is 0.594. The molecule has 1 saturated heterocycles. The van der Waals surface area contributed by atoms with Crippen molar-refractivity contribution in [2.45, 2.75) is 39.3 Å². The first-order valence-electron chi connectivity index (χ1n) is 9.83. The van der Waals surface area contributed by atoms with Crippen LogP contribution in [0.1, 0.15) is 32.3 Å². The molecule has 0 spiro atoms. The molecule has 3 rings (SSSR count). The number of nitrogens with two attached hydrogens (primary N) is 1. The van der Waals surface area contributed by atoms with Crippen molar-refractivity contribution in [3.63, 3.8) is 0 Å². The maximum Gasteiger partial charge on any atom is 0.252 e. The average molecular weight is 387 g/mol. The summed E-state index contributed by atoms with van der Waals surface area (Å²) in [4.78, 5) is 21.3. The second-order valence-corrected chi connectivity index (χ2v) is 6.74. The molecule has 0 bridgehead atoms. The highest BCUT2D eigenvalue weighted by molar-refractivity contribution is 5.64. The molecule has 2 aromatic rings. The summed E-state index contributed by atoms with van der Waals surface area (Å²) in [6.45, 7) is 7.33. The summed E-state index contributed by atoms with van der Waals surface area (Å²) >= 11 is 0. The minimum absolute atomic E-state index is 0.161. The summed E-state index contributed by atoms with van der Waals surface area (Å²) in [5, 5.41) is 3.38. The third kappa shape index (κ3) is 4.75. The maximum absolute atomic E-state index is 11.9. The van der Waals surface area contributed by atoms with Crippen LogP contribution < -0.4 is 31.0 Å². The highest BCUT2D eigenvalue weighted by atomic mass is 16.5. The third-order valence-electron chi connectivity index (χ3n) is 4.80. The molecule has 0 aliphatic carbocycles. The molecular weight excluding hydrogens is 358 g/mol. The highest BCUT2D eigenvalue weighted by Crippen LogP contribution is 2.35. The first-order chi connectivity index (χ1) is 13.6. The van der Waals surface area contributed by atoms with Crippen molar-refractivity contribution in [3.8, 4) is 11.5 Å². The number of aromatic amines is 1. The minimum Gasteiger partial charge on any atom is -0.492 e. The van der Waals surface area contributed by atoms with Gasteiger partial charge in [-0.15, -0.1) is 0 Å². The molecule has 8 nitrogen and oxygen atoms in total. The van der Waals surface area contributed by atoms with E-state index >= 15 is 0 Å². The van der Waals surface area contributed by atoms with Crippen LogP contribution in [0.25, 0.3) is 0 Å². The van der Waals surface area contributed by atoms with E-state index in [-0.39, 0.29) is 11.6 Å². The van der Waals surface area contributed by atoms with Crippen LogP contribution in [-0.2, 0) is 6.54 Å². The number of rotatable bonds is 8. The Balaban J connectivity index is 1.96. The molecule has 1 aliphatic heterocycles. The van der Waals surface area contributed by atoms with E-state index in [1.165, 1.54) is 6.07 Å². The normalized spacial score (nSPS) is 14.6. The molecule has 1 aromatic carbocycles. The topological polar surface area (TPSA) is 106 Å². The van der Waals surface area contributed by atoms with Crippen LogP contribution in [-0.4, -0.2) is 42.3 Å². The van der Waals surface area contributed by atoms with E-state index in [2.05, 4.69) is 20.2 Å². The molecule has 1 fully saturated rings. The number of aromatic nitrogens is 2. The van der Waals surface area contributed by atoms with Gasteiger partial charge < -0.3 is 25.4 Å². The average Bonchev–Trinajstić information content (AvgIpc) is 2.70. The van der Waals surface area contributed by atoms with Gasteiger partial charge in [-0.25, -0.2) is 4.98 Å². The summed E-state index contributed by atoms with van der Waals surface area (Å²) < 4.78 is 11.4. The predicted octanol–water partition coefficient (Wildman–Crippen LogP) is 1.91. The Bertz CT molecular complexity index is 806. The van der Waals surface area contributed by atoms with E-state index in [1.807, 2.05) is 26.0 Å². The number of ether oxygens (including phenoxy) is 2. The van der Waals surface area contributed by atoms with Crippen LogP contribution in [0.4, 0.5) is 11.6 Å². The molecule has 1 aliphatic rings. The van der Waals surface area contributed by atoms with Gasteiger partial charge in [-0.05, 0) is 57.5 Å². The molecule has 152 valence electrons.